The molecule has 18 heavy (non-hydrogen) atoms. The van der Waals surface area contributed by atoms with E-state index in [1.165, 1.54) is 11.3 Å². The summed E-state index contributed by atoms with van der Waals surface area (Å²) >= 11 is 0. The van der Waals surface area contributed by atoms with Gasteiger partial charge in [-0.25, -0.2) is 0 Å². The second-order valence-corrected chi connectivity index (χ2v) is 5.16. The Morgan fingerprint density at radius 2 is 2.06 bits per heavy atom. The number of ether oxygens (including phenoxy) is 1. The highest BCUT2D eigenvalue weighted by Gasteiger charge is 2.35. The van der Waals surface area contributed by atoms with Crippen molar-refractivity contribution in [1.82, 2.24) is 0 Å². The summed E-state index contributed by atoms with van der Waals surface area (Å²) in [4.78, 5) is 2.30. The van der Waals surface area contributed by atoms with Gasteiger partial charge in [0, 0.05) is 25.9 Å². The van der Waals surface area contributed by atoms with Crippen LogP contribution in [0.25, 0.3) is 0 Å². The molecule has 1 aromatic carbocycles. The van der Waals surface area contributed by atoms with Gasteiger partial charge in [0.05, 0.1) is 12.1 Å². The molecule has 1 saturated heterocycles. The van der Waals surface area contributed by atoms with Crippen LogP contribution < -0.4 is 10.6 Å². The molecule has 0 saturated carbocycles. The van der Waals surface area contributed by atoms with E-state index in [9.17, 15) is 0 Å². The molecule has 100 valence electrons. The van der Waals surface area contributed by atoms with Crippen LogP contribution in [-0.2, 0) is 11.2 Å². The Hall–Kier alpha value is -1.06. The lowest BCUT2D eigenvalue weighted by molar-refractivity contribution is 0.0396. The zero-order chi connectivity index (χ0) is 13.0. The number of rotatable bonds is 4. The van der Waals surface area contributed by atoms with Gasteiger partial charge in [0.1, 0.15) is 0 Å². The van der Waals surface area contributed by atoms with Gasteiger partial charge in [0.25, 0.3) is 0 Å². The van der Waals surface area contributed by atoms with E-state index in [2.05, 4.69) is 43.1 Å². The summed E-state index contributed by atoms with van der Waals surface area (Å²) in [6, 6.07) is 8.76. The molecule has 0 aromatic heterocycles. The van der Waals surface area contributed by atoms with Gasteiger partial charge in [0.2, 0.25) is 0 Å². The molecule has 1 fully saturated rings. The maximum absolute atomic E-state index is 6.01. The van der Waals surface area contributed by atoms with E-state index in [1.54, 1.807) is 0 Å². The number of hydrogen-bond donors (Lipinski definition) is 1. The number of aryl methyl sites for hydroxylation is 1. The van der Waals surface area contributed by atoms with Crippen molar-refractivity contribution >= 4 is 5.69 Å². The molecule has 2 rings (SSSR count). The molecule has 1 aromatic rings. The van der Waals surface area contributed by atoms with Crippen molar-refractivity contribution in [3.63, 3.8) is 0 Å². The van der Waals surface area contributed by atoms with Crippen molar-refractivity contribution in [2.24, 2.45) is 5.73 Å². The van der Waals surface area contributed by atoms with Gasteiger partial charge in [-0.1, -0.05) is 19.1 Å². The molecule has 3 nitrogen and oxygen atoms in total. The number of nitrogens with two attached hydrogens (primary N) is 1. The third-order valence-corrected chi connectivity index (χ3v) is 4.12. The molecule has 0 bridgehead atoms. The summed E-state index contributed by atoms with van der Waals surface area (Å²) in [6.07, 6.45) is 3.28. The number of likely N-dealkylation sites (N-methyl/N-ethyl adjacent to an activating group) is 1. The summed E-state index contributed by atoms with van der Waals surface area (Å²) in [6.45, 7) is 4.41. The standard InChI is InChI=1S/C15H24N2O/c1-3-13-5-7-14(8-6-13)17(2)15(11-16)9-4-10-18-12-15/h5-8H,3-4,9-12,16H2,1-2H3. The van der Waals surface area contributed by atoms with Crippen molar-refractivity contribution in [2.75, 3.05) is 31.7 Å². The van der Waals surface area contributed by atoms with Crippen molar-refractivity contribution in [1.29, 1.82) is 0 Å². The van der Waals surface area contributed by atoms with Crippen molar-refractivity contribution in [2.45, 2.75) is 31.7 Å². The first kappa shape index (κ1) is 13.4. The van der Waals surface area contributed by atoms with E-state index < -0.39 is 0 Å². The van der Waals surface area contributed by atoms with Crippen LogP contribution >= 0.6 is 0 Å². The fourth-order valence-corrected chi connectivity index (χ4v) is 2.63. The summed E-state index contributed by atoms with van der Waals surface area (Å²) in [5.41, 5.74) is 8.57. The van der Waals surface area contributed by atoms with Crippen LogP contribution in [0.2, 0.25) is 0 Å². The van der Waals surface area contributed by atoms with Gasteiger partial charge in [0.15, 0.2) is 0 Å². The maximum atomic E-state index is 6.01. The molecule has 0 aliphatic carbocycles. The fraction of sp³-hybridized carbons (Fsp3) is 0.600. The highest BCUT2D eigenvalue weighted by atomic mass is 16.5. The number of benzene rings is 1. The van der Waals surface area contributed by atoms with Crippen LogP contribution in [-0.4, -0.2) is 32.3 Å². The van der Waals surface area contributed by atoms with E-state index >= 15 is 0 Å². The highest BCUT2D eigenvalue weighted by Crippen LogP contribution is 2.29. The minimum atomic E-state index is -0.0357. The minimum Gasteiger partial charge on any atom is -0.379 e. The largest absolute Gasteiger partial charge is 0.379 e. The average molecular weight is 248 g/mol. The Morgan fingerprint density at radius 3 is 2.56 bits per heavy atom. The summed E-state index contributed by atoms with van der Waals surface area (Å²) in [7, 11) is 2.13. The van der Waals surface area contributed by atoms with Gasteiger partial charge in [-0.3, -0.25) is 0 Å². The zero-order valence-electron chi connectivity index (χ0n) is 11.5. The van der Waals surface area contributed by atoms with Gasteiger partial charge < -0.3 is 15.4 Å². The van der Waals surface area contributed by atoms with E-state index in [0.29, 0.717) is 6.54 Å². The molecular formula is C15H24N2O. The second kappa shape index (κ2) is 5.72. The lowest BCUT2D eigenvalue weighted by Gasteiger charge is -2.44. The molecule has 1 unspecified atom stereocenters. The molecule has 1 aliphatic heterocycles. The lowest BCUT2D eigenvalue weighted by Crippen LogP contribution is -2.57. The SMILES string of the molecule is CCc1ccc(N(C)C2(CN)CCCOC2)cc1. The average Bonchev–Trinajstić information content (AvgIpc) is 2.47. The third kappa shape index (κ3) is 2.52. The molecule has 0 amide bonds. The molecule has 1 aliphatic rings. The van der Waals surface area contributed by atoms with Crippen LogP contribution in [0.4, 0.5) is 5.69 Å². The normalized spacial score (nSPS) is 23.9. The quantitative estimate of drug-likeness (QED) is 0.887. The highest BCUT2D eigenvalue weighted by molar-refractivity contribution is 5.50. The molecular weight excluding hydrogens is 224 g/mol. The van der Waals surface area contributed by atoms with E-state index in [-0.39, 0.29) is 5.54 Å². The number of hydrogen-bond acceptors (Lipinski definition) is 3. The molecule has 1 heterocycles. The van der Waals surface area contributed by atoms with Gasteiger partial charge in [-0.2, -0.15) is 0 Å². The van der Waals surface area contributed by atoms with Crippen molar-refractivity contribution in [3.8, 4) is 0 Å². The smallest absolute Gasteiger partial charge is 0.0754 e. The van der Waals surface area contributed by atoms with E-state index in [4.69, 9.17) is 10.5 Å². The van der Waals surface area contributed by atoms with E-state index in [1.807, 2.05) is 0 Å². The predicted octanol–water partition coefficient (Wildman–Crippen LogP) is 2.19. The van der Waals surface area contributed by atoms with Gasteiger partial charge >= 0.3 is 0 Å². The second-order valence-electron chi connectivity index (χ2n) is 5.16. The molecule has 0 spiro atoms. The van der Waals surface area contributed by atoms with Crippen LogP contribution in [0, 0.1) is 0 Å². The zero-order valence-corrected chi connectivity index (χ0v) is 11.5. The summed E-state index contributed by atoms with van der Waals surface area (Å²) in [5, 5.41) is 0. The molecule has 3 heteroatoms. The van der Waals surface area contributed by atoms with Crippen LogP contribution in [0.1, 0.15) is 25.3 Å². The Bertz CT molecular complexity index is 369. The first-order valence-electron chi connectivity index (χ1n) is 6.82. The molecule has 0 radical (unpaired) electrons. The Kier molecular flexibility index (Phi) is 4.25. The fourth-order valence-electron chi connectivity index (χ4n) is 2.63. The number of nitrogens with zero attached hydrogens (tertiary/aromatic N) is 1. The Labute approximate surface area is 110 Å². The van der Waals surface area contributed by atoms with Crippen molar-refractivity contribution in [3.05, 3.63) is 29.8 Å². The third-order valence-electron chi connectivity index (χ3n) is 4.12. The van der Waals surface area contributed by atoms with Crippen LogP contribution in [0.15, 0.2) is 24.3 Å². The maximum Gasteiger partial charge on any atom is 0.0754 e. The molecule has 1 atom stereocenters. The van der Waals surface area contributed by atoms with Gasteiger partial charge in [-0.05, 0) is 37.0 Å². The summed E-state index contributed by atoms with van der Waals surface area (Å²) in [5.74, 6) is 0. The van der Waals surface area contributed by atoms with Crippen molar-refractivity contribution < 1.29 is 4.74 Å². The van der Waals surface area contributed by atoms with E-state index in [0.717, 1.165) is 32.5 Å². The van der Waals surface area contributed by atoms with Crippen LogP contribution in [0.3, 0.4) is 0 Å². The predicted molar refractivity (Wildman–Crippen MR) is 76.1 cm³/mol. The molecule has 2 N–H and O–H groups in total. The monoisotopic (exact) mass is 248 g/mol. The summed E-state index contributed by atoms with van der Waals surface area (Å²) < 4.78 is 5.64. The first-order chi connectivity index (χ1) is 8.72. The van der Waals surface area contributed by atoms with Crippen LogP contribution in [0.5, 0.6) is 0 Å². The lowest BCUT2D eigenvalue weighted by atomic mass is 9.90. The Morgan fingerprint density at radius 1 is 1.33 bits per heavy atom. The number of anilines is 1. The van der Waals surface area contributed by atoms with Gasteiger partial charge in [-0.15, -0.1) is 0 Å². The first-order valence-corrected chi connectivity index (χ1v) is 6.82. The Balaban J connectivity index is 2.19. The topological polar surface area (TPSA) is 38.5 Å². The minimum absolute atomic E-state index is 0.0357.